The molecule has 0 aliphatic rings. The quantitative estimate of drug-likeness (QED) is 0.586. The molecule has 0 fully saturated rings. The first-order chi connectivity index (χ1) is 7.49. The number of alkyl halides is 2. The van der Waals surface area contributed by atoms with Gasteiger partial charge in [0.25, 0.3) is 6.43 Å². The van der Waals surface area contributed by atoms with Crippen molar-refractivity contribution in [3.8, 4) is 6.07 Å². The van der Waals surface area contributed by atoms with E-state index in [0.717, 1.165) is 6.20 Å². The molecule has 0 atom stereocenters. The average molecular weight is 227 g/mol. The molecule has 1 rings (SSSR count). The number of rotatable bonds is 3. The van der Waals surface area contributed by atoms with Crippen LogP contribution in [0.2, 0.25) is 0 Å². The molecule has 7 heteroatoms. The molecule has 0 amide bonds. The first kappa shape index (κ1) is 12.0. The molecule has 0 N–H and O–H groups in total. The van der Waals surface area contributed by atoms with E-state index in [-0.39, 0.29) is 23.1 Å². The van der Waals surface area contributed by atoms with Crippen LogP contribution in [0, 0.1) is 28.4 Å². The van der Waals surface area contributed by atoms with E-state index in [1.807, 2.05) is 0 Å². The maximum absolute atomic E-state index is 12.5. The number of nitriles is 1. The van der Waals surface area contributed by atoms with E-state index >= 15 is 0 Å². The van der Waals surface area contributed by atoms with Crippen LogP contribution >= 0.6 is 0 Å². The maximum atomic E-state index is 12.5. The Bertz CT molecular complexity index is 469. The molecule has 0 spiro atoms. The SMILES string of the molecule is Cc1c(C(F)F)cnc([N+](=O)[O-])c1CC#N. The first-order valence-electron chi connectivity index (χ1n) is 4.27. The third-order valence-corrected chi connectivity index (χ3v) is 2.15. The Kier molecular flexibility index (Phi) is 3.45. The predicted octanol–water partition coefficient (Wildman–Crippen LogP) is 2.30. The molecular formula is C9H7F2N3O2. The maximum Gasteiger partial charge on any atom is 0.367 e. The fraction of sp³-hybridized carbons (Fsp3) is 0.333. The van der Waals surface area contributed by atoms with Gasteiger partial charge in [-0.2, -0.15) is 5.26 Å². The standard InChI is InChI=1S/C9H7F2N3O2/c1-5-6(2-3-12)9(14(15)16)13-4-7(5)8(10)11/h4,8H,2H2,1H3. The molecule has 1 aromatic rings. The molecule has 0 aliphatic heterocycles. The molecule has 0 unspecified atom stereocenters. The van der Waals surface area contributed by atoms with Gasteiger partial charge in [-0.05, 0) is 22.4 Å². The van der Waals surface area contributed by atoms with Gasteiger partial charge in [-0.15, -0.1) is 0 Å². The molecule has 0 radical (unpaired) electrons. The molecule has 0 saturated carbocycles. The zero-order valence-electron chi connectivity index (χ0n) is 8.28. The fourth-order valence-electron chi connectivity index (χ4n) is 1.32. The van der Waals surface area contributed by atoms with Crippen LogP contribution in [0.3, 0.4) is 0 Å². The Morgan fingerprint density at radius 2 is 2.31 bits per heavy atom. The first-order valence-corrected chi connectivity index (χ1v) is 4.27. The molecule has 0 aromatic carbocycles. The van der Waals surface area contributed by atoms with Gasteiger partial charge in [0.15, 0.2) is 0 Å². The van der Waals surface area contributed by atoms with Crippen molar-refractivity contribution < 1.29 is 13.7 Å². The van der Waals surface area contributed by atoms with Crippen LogP contribution in [0.25, 0.3) is 0 Å². The van der Waals surface area contributed by atoms with Crippen molar-refractivity contribution in [2.75, 3.05) is 0 Å². The Balaban J connectivity index is 3.42. The van der Waals surface area contributed by atoms with Crippen LogP contribution in [0.5, 0.6) is 0 Å². The summed E-state index contributed by atoms with van der Waals surface area (Å²) in [7, 11) is 0. The Morgan fingerprint density at radius 1 is 1.69 bits per heavy atom. The summed E-state index contributed by atoms with van der Waals surface area (Å²) >= 11 is 0. The van der Waals surface area contributed by atoms with Gasteiger partial charge >= 0.3 is 5.82 Å². The summed E-state index contributed by atoms with van der Waals surface area (Å²) in [5.41, 5.74) is -0.376. The van der Waals surface area contributed by atoms with E-state index in [1.165, 1.54) is 6.92 Å². The summed E-state index contributed by atoms with van der Waals surface area (Å²) in [5.74, 6) is -0.538. The molecule has 0 bridgehead atoms. The van der Waals surface area contributed by atoms with Crippen molar-refractivity contribution in [2.45, 2.75) is 19.8 Å². The van der Waals surface area contributed by atoms with Crippen molar-refractivity contribution in [1.82, 2.24) is 4.98 Å². The highest BCUT2D eigenvalue weighted by Gasteiger charge is 2.23. The summed E-state index contributed by atoms with van der Waals surface area (Å²) in [6.45, 7) is 1.32. The van der Waals surface area contributed by atoms with E-state index in [1.54, 1.807) is 6.07 Å². The number of nitro groups is 1. The van der Waals surface area contributed by atoms with Crippen molar-refractivity contribution in [3.63, 3.8) is 0 Å². The zero-order valence-corrected chi connectivity index (χ0v) is 8.28. The number of halogens is 2. The summed E-state index contributed by atoms with van der Waals surface area (Å²) in [6.07, 6.45) is -2.29. The van der Waals surface area contributed by atoms with Gasteiger partial charge in [0, 0.05) is 0 Å². The van der Waals surface area contributed by atoms with Crippen molar-refractivity contribution >= 4 is 5.82 Å². The van der Waals surface area contributed by atoms with Gasteiger partial charge in [0.05, 0.1) is 23.6 Å². The van der Waals surface area contributed by atoms with Gasteiger partial charge < -0.3 is 10.1 Å². The van der Waals surface area contributed by atoms with Gasteiger partial charge in [-0.1, -0.05) is 0 Å². The number of nitrogens with zero attached hydrogens (tertiary/aromatic N) is 3. The predicted molar refractivity (Wildman–Crippen MR) is 49.9 cm³/mol. The normalized spacial score (nSPS) is 10.2. The molecule has 1 heterocycles. The Labute approximate surface area is 89.5 Å². The minimum Gasteiger partial charge on any atom is -0.358 e. The summed E-state index contributed by atoms with van der Waals surface area (Å²) < 4.78 is 25.0. The summed E-state index contributed by atoms with van der Waals surface area (Å²) in [6, 6.07) is 1.70. The molecule has 84 valence electrons. The summed E-state index contributed by atoms with van der Waals surface area (Å²) in [5, 5.41) is 19.1. The second kappa shape index (κ2) is 4.61. The fourth-order valence-corrected chi connectivity index (χ4v) is 1.32. The number of aromatic nitrogens is 1. The number of hydrogen-bond acceptors (Lipinski definition) is 4. The van der Waals surface area contributed by atoms with Gasteiger partial charge in [0.1, 0.15) is 6.20 Å². The van der Waals surface area contributed by atoms with E-state index in [4.69, 9.17) is 5.26 Å². The van der Waals surface area contributed by atoms with Gasteiger partial charge in [0.2, 0.25) is 0 Å². The zero-order chi connectivity index (χ0) is 12.3. The summed E-state index contributed by atoms with van der Waals surface area (Å²) in [4.78, 5) is 13.1. The topological polar surface area (TPSA) is 79.8 Å². The lowest BCUT2D eigenvalue weighted by molar-refractivity contribution is -0.390. The van der Waals surface area contributed by atoms with Crippen LogP contribution in [0.15, 0.2) is 6.20 Å². The van der Waals surface area contributed by atoms with Crippen LogP contribution < -0.4 is 0 Å². The second-order valence-electron chi connectivity index (χ2n) is 3.03. The van der Waals surface area contributed by atoms with Crippen LogP contribution in [-0.4, -0.2) is 9.91 Å². The lowest BCUT2D eigenvalue weighted by Crippen LogP contribution is -2.04. The minimum absolute atomic E-state index is 0.0506. The van der Waals surface area contributed by atoms with Gasteiger partial charge in [-0.25, -0.2) is 8.78 Å². The smallest absolute Gasteiger partial charge is 0.358 e. The second-order valence-corrected chi connectivity index (χ2v) is 3.03. The van der Waals surface area contributed by atoms with E-state index in [0.29, 0.717) is 0 Å². The molecular weight excluding hydrogens is 220 g/mol. The van der Waals surface area contributed by atoms with Crippen LogP contribution in [-0.2, 0) is 6.42 Å². The van der Waals surface area contributed by atoms with E-state index in [9.17, 15) is 18.9 Å². The molecule has 16 heavy (non-hydrogen) atoms. The van der Waals surface area contributed by atoms with Crippen molar-refractivity contribution in [3.05, 3.63) is 33.0 Å². The van der Waals surface area contributed by atoms with Gasteiger partial charge in [-0.3, -0.25) is 0 Å². The number of hydrogen-bond donors (Lipinski definition) is 0. The van der Waals surface area contributed by atoms with Crippen LogP contribution in [0.1, 0.15) is 23.1 Å². The minimum atomic E-state index is -2.76. The van der Waals surface area contributed by atoms with Crippen molar-refractivity contribution in [2.24, 2.45) is 0 Å². The monoisotopic (exact) mass is 227 g/mol. The number of pyridine rings is 1. The highest BCUT2D eigenvalue weighted by molar-refractivity contribution is 5.44. The highest BCUT2D eigenvalue weighted by Crippen LogP contribution is 2.28. The third-order valence-electron chi connectivity index (χ3n) is 2.15. The Morgan fingerprint density at radius 3 is 2.75 bits per heavy atom. The van der Waals surface area contributed by atoms with Crippen LogP contribution in [0.4, 0.5) is 14.6 Å². The highest BCUT2D eigenvalue weighted by atomic mass is 19.3. The molecule has 0 saturated heterocycles. The van der Waals surface area contributed by atoms with E-state index in [2.05, 4.69) is 4.98 Å². The van der Waals surface area contributed by atoms with Crippen molar-refractivity contribution in [1.29, 1.82) is 5.26 Å². The lowest BCUT2D eigenvalue weighted by Gasteiger charge is -2.06. The molecule has 5 nitrogen and oxygen atoms in total. The average Bonchev–Trinajstić information content (AvgIpc) is 2.20. The Hall–Kier alpha value is -2.10. The lowest BCUT2D eigenvalue weighted by atomic mass is 10.0. The third kappa shape index (κ3) is 2.11. The largest absolute Gasteiger partial charge is 0.367 e. The molecule has 1 aromatic heterocycles. The van der Waals surface area contributed by atoms with E-state index < -0.39 is 17.2 Å². The molecule has 0 aliphatic carbocycles.